The fraction of sp³-hybridized carbons (Fsp3) is 0.333. The highest BCUT2D eigenvalue weighted by Crippen LogP contribution is 2.31. The van der Waals surface area contributed by atoms with Gasteiger partial charge < -0.3 is 8.92 Å². The third kappa shape index (κ3) is 3.81. The van der Waals surface area contributed by atoms with Crippen LogP contribution in [-0.4, -0.2) is 24.9 Å². The van der Waals surface area contributed by atoms with Crippen molar-refractivity contribution in [1.29, 1.82) is 0 Å². The second-order valence-corrected chi connectivity index (χ2v) is 4.66. The van der Waals surface area contributed by atoms with Crippen LogP contribution in [0.5, 0.6) is 11.6 Å². The molecule has 0 atom stereocenters. The smallest absolute Gasteiger partial charge is 0.403 e. The van der Waals surface area contributed by atoms with Gasteiger partial charge in [0.2, 0.25) is 5.75 Å². The van der Waals surface area contributed by atoms with Gasteiger partial charge in [-0.3, -0.25) is 4.79 Å². The van der Waals surface area contributed by atoms with Gasteiger partial charge in [-0.2, -0.15) is 21.6 Å². The second-order valence-electron chi connectivity index (χ2n) is 3.12. The Hall–Kier alpha value is -1.84. The number of aromatic nitrogens is 1. The van der Waals surface area contributed by atoms with Crippen LogP contribution in [0.25, 0.3) is 0 Å². The minimum atomic E-state index is -5.85. The van der Waals surface area contributed by atoms with Gasteiger partial charge >= 0.3 is 21.6 Å². The van der Waals surface area contributed by atoms with E-state index in [4.69, 9.17) is 0 Å². The molecule has 106 valence electrons. The first-order chi connectivity index (χ1) is 8.67. The van der Waals surface area contributed by atoms with Crippen LogP contribution in [0.3, 0.4) is 0 Å². The molecule has 1 aromatic rings. The average Bonchev–Trinajstić information content (AvgIpc) is 2.29. The molecule has 0 radical (unpaired) electrons. The summed E-state index contributed by atoms with van der Waals surface area (Å²) in [6, 6.07) is 2.01. The molecule has 0 amide bonds. The molecule has 1 heterocycles. The van der Waals surface area contributed by atoms with Crippen molar-refractivity contribution in [2.75, 3.05) is 0 Å². The van der Waals surface area contributed by atoms with Crippen molar-refractivity contribution < 1.29 is 35.3 Å². The summed E-state index contributed by atoms with van der Waals surface area (Å²) in [5.41, 5.74) is -5.59. The standard InChI is InChI=1S/C9H8F3NO5S/c1-2-7(14)17-8-6(4-3-5-13-8)18-19(15,16)9(10,11)12/h3-5H,2H2,1H3. The molecule has 0 spiro atoms. The summed E-state index contributed by atoms with van der Waals surface area (Å²) >= 11 is 0. The van der Waals surface area contributed by atoms with Gasteiger partial charge in [-0.25, -0.2) is 4.98 Å². The van der Waals surface area contributed by atoms with E-state index in [2.05, 4.69) is 13.9 Å². The number of hydrogen-bond acceptors (Lipinski definition) is 6. The lowest BCUT2D eigenvalue weighted by Crippen LogP contribution is -2.28. The number of esters is 1. The molecule has 0 N–H and O–H groups in total. The van der Waals surface area contributed by atoms with Gasteiger partial charge in [-0.1, -0.05) is 6.92 Å². The summed E-state index contributed by atoms with van der Waals surface area (Å²) in [5, 5.41) is 0. The summed E-state index contributed by atoms with van der Waals surface area (Å²) < 4.78 is 66.4. The third-order valence-corrected chi connectivity index (χ3v) is 2.68. The number of hydrogen-bond donors (Lipinski definition) is 0. The fourth-order valence-corrected chi connectivity index (χ4v) is 1.32. The molecule has 1 rings (SSSR count). The van der Waals surface area contributed by atoms with E-state index in [-0.39, 0.29) is 6.42 Å². The molecule has 10 heteroatoms. The Morgan fingerprint density at radius 3 is 2.58 bits per heavy atom. The molecule has 0 saturated heterocycles. The number of alkyl halides is 3. The number of carbonyl (C=O) groups is 1. The van der Waals surface area contributed by atoms with Crippen LogP contribution in [-0.2, 0) is 14.9 Å². The predicted octanol–water partition coefficient (Wildman–Crippen LogP) is 1.63. The predicted molar refractivity (Wildman–Crippen MR) is 55.8 cm³/mol. The molecule has 0 aliphatic heterocycles. The van der Waals surface area contributed by atoms with Crippen LogP contribution >= 0.6 is 0 Å². The summed E-state index contributed by atoms with van der Waals surface area (Å²) in [6.45, 7) is 1.44. The van der Waals surface area contributed by atoms with Crippen molar-refractivity contribution in [2.24, 2.45) is 0 Å². The Balaban J connectivity index is 3.06. The van der Waals surface area contributed by atoms with Gasteiger partial charge in [0.1, 0.15) is 0 Å². The van der Waals surface area contributed by atoms with Crippen LogP contribution in [0.2, 0.25) is 0 Å². The number of carbonyl (C=O) groups excluding carboxylic acids is 1. The Kier molecular flexibility index (Phi) is 4.35. The van der Waals surface area contributed by atoms with Crippen molar-refractivity contribution in [3.05, 3.63) is 18.3 Å². The molecule has 0 aromatic carbocycles. The first-order valence-corrected chi connectivity index (χ1v) is 6.24. The van der Waals surface area contributed by atoms with E-state index in [9.17, 15) is 26.4 Å². The Bertz CT molecular complexity index is 569. The molecule has 0 aliphatic rings. The third-order valence-electron chi connectivity index (χ3n) is 1.72. The zero-order valence-corrected chi connectivity index (χ0v) is 10.3. The van der Waals surface area contributed by atoms with Crippen molar-refractivity contribution in [2.45, 2.75) is 18.9 Å². The van der Waals surface area contributed by atoms with Crippen molar-refractivity contribution >= 4 is 16.1 Å². The van der Waals surface area contributed by atoms with Crippen LogP contribution < -0.4 is 8.92 Å². The number of halogens is 3. The highest BCUT2D eigenvalue weighted by Gasteiger charge is 2.49. The Labute approximate surface area is 106 Å². The molecule has 0 saturated carbocycles. The first kappa shape index (κ1) is 15.2. The van der Waals surface area contributed by atoms with Gasteiger partial charge in [0.15, 0.2) is 0 Å². The van der Waals surface area contributed by atoms with E-state index in [1.165, 1.54) is 6.92 Å². The quantitative estimate of drug-likeness (QED) is 0.477. The minimum absolute atomic E-state index is 0.0674. The van der Waals surface area contributed by atoms with Crippen molar-refractivity contribution in [1.82, 2.24) is 4.98 Å². The maximum atomic E-state index is 12.1. The Morgan fingerprint density at radius 2 is 2.05 bits per heavy atom. The number of rotatable bonds is 4. The van der Waals surface area contributed by atoms with Gasteiger partial charge in [0.05, 0.1) is 0 Å². The SMILES string of the molecule is CCC(=O)Oc1ncccc1OS(=O)(=O)C(F)(F)F. The number of ether oxygens (including phenoxy) is 1. The molecule has 0 unspecified atom stereocenters. The van der Waals surface area contributed by atoms with Gasteiger partial charge in [0, 0.05) is 12.6 Å². The van der Waals surface area contributed by atoms with E-state index in [0.29, 0.717) is 0 Å². The van der Waals surface area contributed by atoms with E-state index in [0.717, 1.165) is 18.3 Å². The lowest BCUT2D eigenvalue weighted by atomic mass is 10.4. The molecule has 0 fully saturated rings. The monoisotopic (exact) mass is 299 g/mol. The summed E-state index contributed by atoms with van der Waals surface area (Å²) in [4.78, 5) is 14.4. The average molecular weight is 299 g/mol. The summed E-state index contributed by atoms with van der Waals surface area (Å²) in [6.07, 6.45) is 1.04. The highest BCUT2D eigenvalue weighted by atomic mass is 32.2. The minimum Gasteiger partial charge on any atom is -0.403 e. The second kappa shape index (κ2) is 5.43. The topological polar surface area (TPSA) is 82.6 Å². The Morgan fingerprint density at radius 1 is 1.42 bits per heavy atom. The maximum absolute atomic E-state index is 12.1. The van der Waals surface area contributed by atoms with Crippen LogP contribution in [0.15, 0.2) is 18.3 Å². The molecular formula is C9H8F3NO5S. The fourth-order valence-electron chi connectivity index (χ4n) is 0.862. The van der Waals surface area contributed by atoms with Gasteiger partial charge in [-0.15, -0.1) is 0 Å². The van der Waals surface area contributed by atoms with E-state index < -0.39 is 33.2 Å². The summed E-state index contributed by atoms with van der Waals surface area (Å²) in [7, 11) is -5.85. The zero-order chi connectivity index (χ0) is 14.7. The molecular weight excluding hydrogens is 291 g/mol. The highest BCUT2D eigenvalue weighted by molar-refractivity contribution is 7.88. The maximum Gasteiger partial charge on any atom is 0.534 e. The lowest BCUT2D eigenvalue weighted by molar-refractivity contribution is -0.134. The van der Waals surface area contributed by atoms with Crippen LogP contribution in [0.4, 0.5) is 13.2 Å². The number of nitrogens with zero attached hydrogens (tertiary/aromatic N) is 1. The first-order valence-electron chi connectivity index (χ1n) is 4.84. The zero-order valence-electron chi connectivity index (χ0n) is 9.47. The van der Waals surface area contributed by atoms with Crippen molar-refractivity contribution in [3.63, 3.8) is 0 Å². The normalized spacial score (nSPS) is 12.0. The largest absolute Gasteiger partial charge is 0.534 e. The van der Waals surface area contributed by atoms with Crippen LogP contribution in [0, 0.1) is 0 Å². The molecule has 0 aliphatic carbocycles. The molecule has 19 heavy (non-hydrogen) atoms. The lowest BCUT2D eigenvalue weighted by Gasteiger charge is -2.11. The molecule has 0 bridgehead atoms. The number of pyridine rings is 1. The van der Waals surface area contributed by atoms with Crippen LogP contribution in [0.1, 0.15) is 13.3 Å². The summed E-state index contributed by atoms with van der Waals surface area (Å²) in [5.74, 6) is -2.27. The molecule has 1 aromatic heterocycles. The van der Waals surface area contributed by atoms with E-state index >= 15 is 0 Å². The molecule has 6 nitrogen and oxygen atoms in total. The van der Waals surface area contributed by atoms with E-state index in [1.807, 2.05) is 0 Å². The van der Waals surface area contributed by atoms with Gasteiger partial charge in [-0.05, 0) is 12.1 Å². The van der Waals surface area contributed by atoms with E-state index in [1.54, 1.807) is 0 Å². The van der Waals surface area contributed by atoms with Crippen molar-refractivity contribution in [3.8, 4) is 11.6 Å². The van der Waals surface area contributed by atoms with Gasteiger partial charge in [0.25, 0.3) is 5.88 Å².